The van der Waals surface area contributed by atoms with E-state index in [1.807, 2.05) is 12.1 Å². The molecule has 0 bridgehead atoms. The van der Waals surface area contributed by atoms with Gasteiger partial charge in [-0.25, -0.2) is 0 Å². The van der Waals surface area contributed by atoms with Crippen molar-refractivity contribution in [3.63, 3.8) is 0 Å². The van der Waals surface area contributed by atoms with Gasteiger partial charge in [-0.05, 0) is 41.7 Å². The van der Waals surface area contributed by atoms with Gasteiger partial charge in [-0.2, -0.15) is 0 Å². The predicted molar refractivity (Wildman–Crippen MR) is 117 cm³/mol. The maximum Gasteiger partial charge on any atom is 0.257 e. The van der Waals surface area contributed by atoms with Crippen LogP contribution in [-0.2, 0) is 17.8 Å². The number of nitrogens with one attached hydrogen (secondary N) is 1. The smallest absolute Gasteiger partial charge is 0.257 e. The number of piperidine rings is 1. The lowest BCUT2D eigenvalue weighted by molar-refractivity contribution is -0.126. The van der Waals surface area contributed by atoms with E-state index < -0.39 is 0 Å². The fourth-order valence-electron chi connectivity index (χ4n) is 4.13. The van der Waals surface area contributed by atoms with E-state index in [4.69, 9.17) is 4.42 Å². The van der Waals surface area contributed by atoms with E-state index >= 15 is 0 Å². The molecule has 2 unspecified atom stereocenters. The van der Waals surface area contributed by atoms with Crippen LogP contribution < -0.4 is 5.32 Å². The Morgan fingerprint density at radius 3 is 2.65 bits per heavy atom. The van der Waals surface area contributed by atoms with Crippen molar-refractivity contribution in [1.29, 1.82) is 0 Å². The summed E-state index contributed by atoms with van der Waals surface area (Å²) in [5, 5.41) is 3.02. The molecule has 1 aliphatic rings. The summed E-state index contributed by atoms with van der Waals surface area (Å²) in [4.78, 5) is 31.9. The Bertz CT molecular complexity index is 1000. The van der Waals surface area contributed by atoms with E-state index in [0.29, 0.717) is 31.6 Å². The highest BCUT2D eigenvalue weighted by Gasteiger charge is 2.35. The summed E-state index contributed by atoms with van der Waals surface area (Å²) in [5.41, 5.74) is 3.89. The highest BCUT2D eigenvalue weighted by Crippen LogP contribution is 2.31. The molecule has 1 aromatic carbocycles. The Labute approximate surface area is 182 Å². The topological polar surface area (TPSA) is 75.4 Å². The van der Waals surface area contributed by atoms with Crippen molar-refractivity contribution in [1.82, 2.24) is 15.2 Å². The van der Waals surface area contributed by atoms with E-state index in [-0.39, 0.29) is 23.7 Å². The fraction of sp³-hybridized carbons (Fsp3) is 0.320. The molecule has 6 nitrogen and oxygen atoms in total. The molecule has 1 N–H and O–H groups in total. The monoisotopic (exact) mass is 417 g/mol. The van der Waals surface area contributed by atoms with Gasteiger partial charge in [-0.1, -0.05) is 37.3 Å². The number of hydrogen-bond acceptors (Lipinski definition) is 4. The van der Waals surface area contributed by atoms with E-state index in [2.05, 4.69) is 41.5 Å². The van der Waals surface area contributed by atoms with Gasteiger partial charge in [0, 0.05) is 37.9 Å². The number of carbonyl (C=O) groups is 2. The molecule has 1 fully saturated rings. The van der Waals surface area contributed by atoms with E-state index in [1.54, 1.807) is 23.4 Å². The van der Waals surface area contributed by atoms with Crippen molar-refractivity contribution in [3.8, 4) is 0 Å². The van der Waals surface area contributed by atoms with Gasteiger partial charge in [0.2, 0.25) is 5.91 Å². The van der Waals surface area contributed by atoms with E-state index in [0.717, 1.165) is 17.5 Å². The Hall–Kier alpha value is -3.41. The number of rotatable bonds is 6. The van der Waals surface area contributed by atoms with Crippen molar-refractivity contribution in [2.24, 2.45) is 5.92 Å². The molecule has 0 spiro atoms. The minimum absolute atomic E-state index is 0.0382. The molecule has 4 rings (SSSR count). The molecule has 1 saturated heterocycles. The third kappa shape index (κ3) is 5.02. The average Bonchev–Trinajstić information content (AvgIpc) is 3.37. The van der Waals surface area contributed by atoms with Crippen LogP contribution in [0.4, 0.5) is 0 Å². The first-order valence-corrected chi connectivity index (χ1v) is 10.7. The first-order valence-electron chi connectivity index (χ1n) is 10.7. The largest absolute Gasteiger partial charge is 0.472 e. The molecule has 31 heavy (non-hydrogen) atoms. The number of furan rings is 1. The number of pyridine rings is 1. The number of likely N-dealkylation sites (tertiary alicyclic amines) is 1. The molecule has 160 valence electrons. The van der Waals surface area contributed by atoms with E-state index in [1.165, 1.54) is 18.1 Å². The summed E-state index contributed by atoms with van der Waals surface area (Å²) in [6, 6.07) is 14.0. The van der Waals surface area contributed by atoms with Crippen LogP contribution >= 0.6 is 0 Å². The highest BCUT2D eigenvalue weighted by atomic mass is 16.3. The molecule has 3 aromatic rings. The molecule has 2 atom stereocenters. The Kier molecular flexibility index (Phi) is 6.46. The van der Waals surface area contributed by atoms with Crippen LogP contribution in [0.25, 0.3) is 0 Å². The third-order valence-electron chi connectivity index (χ3n) is 5.93. The summed E-state index contributed by atoms with van der Waals surface area (Å²) < 4.78 is 5.09. The standard InChI is InChI=1S/C25H27N3O3/c1-2-18-5-7-20(8-6-18)22-12-23(24(29)27-14-19-4-3-10-26-13-19)16-28(15-22)25(30)21-9-11-31-17-21/h3-11,13,17,22-23H,2,12,14-16H2,1H3,(H,27,29). The number of amides is 2. The first kappa shape index (κ1) is 20.8. The van der Waals surface area contributed by atoms with Crippen LogP contribution in [0.2, 0.25) is 0 Å². The Balaban J connectivity index is 1.51. The van der Waals surface area contributed by atoms with Gasteiger partial charge in [0.05, 0.1) is 17.7 Å². The summed E-state index contributed by atoms with van der Waals surface area (Å²) in [5.74, 6) is -0.320. The van der Waals surface area contributed by atoms with Crippen LogP contribution in [-0.4, -0.2) is 34.8 Å². The van der Waals surface area contributed by atoms with Gasteiger partial charge >= 0.3 is 0 Å². The predicted octanol–water partition coefficient (Wildman–Crippen LogP) is 3.80. The lowest BCUT2D eigenvalue weighted by Gasteiger charge is -2.37. The highest BCUT2D eigenvalue weighted by molar-refractivity contribution is 5.94. The van der Waals surface area contributed by atoms with Crippen molar-refractivity contribution in [2.75, 3.05) is 13.1 Å². The van der Waals surface area contributed by atoms with Crippen LogP contribution in [0.1, 0.15) is 46.3 Å². The molecule has 0 aliphatic carbocycles. The maximum absolute atomic E-state index is 13.0. The summed E-state index contributed by atoms with van der Waals surface area (Å²) in [6.45, 7) is 3.53. The summed E-state index contributed by atoms with van der Waals surface area (Å²) in [6.07, 6.45) is 8.10. The van der Waals surface area contributed by atoms with Gasteiger partial charge in [0.15, 0.2) is 0 Å². The number of aromatic nitrogens is 1. The lowest BCUT2D eigenvalue weighted by Crippen LogP contribution is -2.47. The second-order valence-corrected chi connectivity index (χ2v) is 8.03. The minimum atomic E-state index is -0.280. The van der Waals surface area contributed by atoms with Crippen molar-refractivity contribution >= 4 is 11.8 Å². The quantitative estimate of drug-likeness (QED) is 0.662. The Morgan fingerprint density at radius 2 is 1.97 bits per heavy atom. The number of hydrogen-bond donors (Lipinski definition) is 1. The zero-order chi connectivity index (χ0) is 21.6. The van der Waals surface area contributed by atoms with Crippen molar-refractivity contribution in [3.05, 3.63) is 89.6 Å². The maximum atomic E-state index is 13.0. The van der Waals surface area contributed by atoms with Crippen LogP contribution in [0.3, 0.4) is 0 Å². The molecule has 6 heteroatoms. The van der Waals surface area contributed by atoms with Crippen LogP contribution in [0, 0.1) is 5.92 Å². The van der Waals surface area contributed by atoms with Gasteiger partial charge in [-0.3, -0.25) is 14.6 Å². The average molecular weight is 418 g/mol. The van der Waals surface area contributed by atoms with Crippen molar-refractivity contribution < 1.29 is 14.0 Å². The minimum Gasteiger partial charge on any atom is -0.472 e. The van der Waals surface area contributed by atoms with Crippen LogP contribution in [0.5, 0.6) is 0 Å². The van der Waals surface area contributed by atoms with Gasteiger partial charge in [0.1, 0.15) is 6.26 Å². The number of carbonyl (C=O) groups excluding carboxylic acids is 2. The molecular weight excluding hydrogens is 390 g/mol. The molecule has 3 heterocycles. The zero-order valence-electron chi connectivity index (χ0n) is 17.7. The van der Waals surface area contributed by atoms with Crippen LogP contribution in [0.15, 0.2) is 71.8 Å². The van der Waals surface area contributed by atoms with E-state index in [9.17, 15) is 9.59 Å². The lowest BCUT2D eigenvalue weighted by atomic mass is 9.83. The summed E-state index contributed by atoms with van der Waals surface area (Å²) >= 11 is 0. The molecule has 1 aliphatic heterocycles. The molecule has 2 aromatic heterocycles. The number of nitrogens with zero attached hydrogens (tertiary/aromatic N) is 2. The van der Waals surface area contributed by atoms with Gasteiger partial charge in [-0.15, -0.1) is 0 Å². The molecule has 2 amide bonds. The zero-order valence-corrected chi connectivity index (χ0v) is 17.7. The normalized spacial score (nSPS) is 18.5. The fourth-order valence-corrected chi connectivity index (χ4v) is 4.13. The molecule has 0 radical (unpaired) electrons. The summed E-state index contributed by atoms with van der Waals surface area (Å²) in [7, 11) is 0. The second-order valence-electron chi connectivity index (χ2n) is 8.03. The number of aryl methyl sites for hydroxylation is 1. The van der Waals surface area contributed by atoms with Gasteiger partial charge in [0.25, 0.3) is 5.91 Å². The SMILES string of the molecule is CCc1ccc(C2CC(C(=O)NCc3cccnc3)CN(C(=O)c3ccoc3)C2)cc1. The molecule has 0 saturated carbocycles. The number of benzene rings is 1. The third-order valence-corrected chi connectivity index (χ3v) is 5.93. The molecular formula is C25H27N3O3. The Morgan fingerprint density at radius 1 is 1.13 bits per heavy atom. The second kappa shape index (κ2) is 9.60. The van der Waals surface area contributed by atoms with Crippen molar-refractivity contribution in [2.45, 2.75) is 32.2 Å². The van der Waals surface area contributed by atoms with Gasteiger partial charge < -0.3 is 14.6 Å². The first-order chi connectivity index (χ1) is 15.1.